The topological polar surface area (TPSA) is 59.1 Å². The summed E-state index contributed by atoms with van der Waals surface area (Å²) in [5.41, 5.74) is 1.14. The van der Waals surface area contributed by atoms with Gasteiger partial charge in [0.25, 0.3) is 0 Å². The Balaban J connectivity index is 1.96. The summed E-state index contributed by atoms with van der Waals surface area (Å²) in [7, 11) is -2.80. The van der Waals surface area contributed by atoms with Gasteiger partial charge >= 0.3 is 0 Å². The molecule has 1 fully saturated rings. The third-order valence-corrected chi connectivity index (χ3v) is 4.69. The van der Waals surface area contributed by atoms with Crippen LogP contribution in [-0.2, 0) is 9.84 Å². The van der Waals surface area contributed by atoms with E-state index in [1.165, 1.54) is 0 Å². The summed E-state index contributed by atoms with van der Waals surface area (Å²) in [5.74, 6) is 0.580. The van der Waals surface area contributed by atoms with E-state index in [9.17, 15) is 8.42 Å². The van der Waals surface area contributed by atoms with E-state index in [1.807, 2.05) is 19.1 Å². The number of rotatable bonds is 3. The number of sulfone groups is 1. The quantitative estimate of drug-likeness (QED) is 0.853. The van der Waals surface area contributed by atoms with Gasteiger partial charge in [-0.2, -0.15) is 0 Å². The lowest BCUT2D eigenvalue weighted by atomic mass is 10.1. The Morgan fingerprint density at radius 1 is 1.44 bits per heavy atom. The average molecular weight is 240 g/mol. The minimum atomic E-state index is -2.80. The third-order valence-electron chi connectivity index (χ3n) is 2.92. The summed E-state index contributed by atoms with van der Waals surface area (Å²) in [6.07, 6.45) is 4.22. The van der Waals surface area contributed by atoms with Crippen LogP contribution in [-0.4, -0.2) is 30.9 Å². The molecule has 0 spiro atoms. The Bertz CT molecular complexity index is 444. The maximum Gasteiger partial charge on any atom is 0.151 e. The number of hydrogen-bond donors (Lipinski definition) is 1. The summed E-state index contributed by atoms with van der Waals surface area (Å²) in [5, 5.41) is 3.34. The fourth-order valence-corrected chi connectivity index (χ4v) is 3.71. The van der Waals surface area contributed by atoms with E-state index < -0.39 is 9.84 Å². The molecule has 1 aromatic heterocycles. The first-order valence-corrected chi connectivity index (χ1v) is 7.25. The zero-order valence-corrected chi connectivity index (χ0v) is 10.1. The van der Waals surface area contributed by atoms with Crippen LogP contribution in [0.25, 0.3) is 0 Å². The second kappa shape index (κ2) is 4.51. The smallest absolute Gasteiger partial charge is 0.151 e. The van der Waals surface area contributed by atoms with Gasteiger partial charge in [0.1, 0.15) is 0 Å². The van der Waals surface area contributed by atoms with Gasteiger partial charge in [0.15, 0.2) is 9.84 Å². The first kappa shape index (κ1) is 11.5. The first-order valence-electron chi connectivity index (χ1n) is 5.43. The van der Waals surface area contributed by atoms with Gasteiger partial charge < -0.3 is 5.32 Å². The first-order chi connectivity index (χ1) is 7.57. The summed E-state index contributed by atoms with van der Waals surface area (Å²) < 4.78 is 22.6. The van der Waals surface area contributed by atoms with Crippen LogP contribution in [0.2, 0.25) is 0 Å². The van der Waals surface area contributed by atoms with E-state index in [1.54, 1.807) is 12.4 Å². The minimum Gasteiger partial charge on any atom is -0.306 e. The highest BCUT2D eigenvalue weighted by molar-refractivity contribution is 7.91. The van der Waals surface area contributed by atoms with Crippen LogP contribution in [0.15, 0.2) is 24.5 Å². The maximum absolute atomic E-state index is 11.3. The lowest BCUT2D eigenvalue weighted by Gasteiger charge is -2.18. The van der Waals surface area contributed by atoms with Crippen molar-refractivity contribution in [1.82, 2.24) is 10.3 Å². The predicted octanol–water partition coefficient (Wildman–Crippen LogP) is 0.919. The molecule has 1 saturated heterocycles. The Hall–Kier alpha value is -0.940. The van der Waals surface area contributed by atoms with Crippen LogP contribution in [0.5, 0.6) is 0 Å². The zero-order chi connectivity index (χ0) is 11.6. The second-order valence-corrected chi connectivity index (χ2v) is 6.50. The van der Waals surface area contributed by atoms with Crippen molar-refractivity contribution in [2.24, 2.45) is 0 Å². The van der Waals surface area contributed by atoms with Crippen molar-refractivity contribution < 1.29 is 8.42 Å². The van der Waals surface area contributed by atoms with Crippen LogP contribution < -0.4 is 5.32 Å². The van der Waals surface area contributed by atoms with Gasteiger partial charge in [-0.1, -0.05) is 0 Å². The molecule has 16 heavy (non-hydrogen) atoms. The zero-order valence-electron chi connectivity index (χ0n) is 9.26. The Kier molecular flexibility index (Phi) is 3.25. The lowest BCUT2D eigenvalue weighted by Crippen LogP contribution is -2.32. The van der Waals surface area contributed by atoms with Crippen LogP contribution in [0.1, 0.15) is 24.9 Å². The number of aromatic nitrogens is 1. The van der Waals surface area contributed by atoms with Crippen LogP contribution in [0, 0.1) is 0 Å². The van der Waals surface area contributed by atoms with Gasteiger partial charge in [-0.25, -0.2) is 8.42 Å². The molecule has 0 radical (unpaired) electrons. The number of nitrogens with zero attached hydrogens (tertiary/aromatic N) is 1. The molecule has 0 aliphatic carbocycles. The van der Waals surface area contributed by atoms with Gasteiger partial charge in [0.2, 0.25) is 0 Å². The molecule has 0 bridgehead atoms. The van der Waals surface area contributed by atoms with Crippen molar-refractivity contribution in [3.63, 3.8) is 0 Å². The van der Waals surface area contributed by atoms with Crippen molar-refractivity contribution >= 4 is 9.84 Å². The van der Waals surface area contributed by atoms with Crippen LogP contribution in [0.4, 0.5) is 0 Å². The van der Waals surface area contributed by atoms with E-state index in [2.05, 4.69) is 10.3 Å². The van der Waals surface area contributed by atoms with E-state index >= 15 is 0 Å². The van der Waals surface area contributed by atoms with E-state index in [0.717, 1.165) is 12.0 Å². The molecule has 1 unspecified atom stereocenters. The molecule has 0 amide bonds. The Labute approximate surface area is 96.0 Å². The molecule has 1 N–H and O–H groups in total. The van der Waals surface area contributed by atoms with Gasteiger partial charge in [-0.05, 0) is 31.0 Å². The fourth-order valence-electron chi connectivity index (χ4n) is 2.03. The van der Waals surface area contributed by atoms with Crippen molar-refractivity contribution in [2.45, 2.75) is 25.4 Å². The van der Waals surface area contributed by atoms with Crippen molar-refractivity contribution in [3.8, 4) is 0 Å². The van der Waals surface area contributed by atoms with Crippen LogP contribution in [0.3, 0.4) is 0 Å². The highest BCUT2D eigenvalue weighted by Crippen LogP contribution is 2.17. The summed E-state index contributed by atoms with van der Waals surface area (Å²) in [6.45, 7) is 2.04. The molecule has 2 rings (SSSR count). The molecule has 1 aliphatic heterocycles. The van der Waals surface area contributed by atoms with Crippen molar-refractivity contribution in [1.29, 1.82) is 0 Å². The van der Waals surface area contributed by atoms with E-state index in [-0.39, 0.29) is 17.8 Å². The molecule has 0 saturated carbocycles. The fraction of sp³-hybridized carbons (Fsp3) is 0.545. The largest absolute Gasteiger partial charge is 0.306 e. The number of nitrogens with one attached hydrogen (secondary N) is 1. The molecule has 4 nitrogen and oxygen atoms in total. The van der Waals surface area contributed by atoms with E-state index in [0.29, 0.717) is 5.75 Å². The molecule has 1 aliphatic rings. The highest BCUT2D eigenvalue weighted by Gasteiger charge is 2.28. The van der Waals surface area contributed by atoms with Crippen molar-refractivity contribution in [3.05, 3.63) is 30.1 Å². The molecule has 2 heterocycles. The Morgan fingerprint density at radius 3 is 2.69 bits per heavy atom. The monoisotopic (exact) mass is 240 g/mol. The minimum absolute atomic E-state index is 0.0909. The SMILES string of the molecule is C[C@@H](NC1CCS(=O)(=O)C1)c1ccncc1. The summed E-state index contributed by atoms with van der Waals surface area (Å²) in [6, 6.07) is 4.15. The average Bonchev–Trinajstić information content (AvgIpc) is 2.59. The van der Waals surface area contributed by atoms with Crippen molar-refractivity contribution in [2.75, 3.05) is 11.5 Å². The summed E-state index contributed by atoms with van der Waals surface area (Å²) in [4.78, 5) is 3.96. The third kappa shape index (κ3) is 2.80. The lowest BCUT2D eigenvalue weighted by molar-refractivity contribution is 0.484. The molecule has 0 aromatic carbocycles. The number of hydrogen-bond acceptors (Lipinski definition) is 4. The second-order valence-electron chi connectivity index (χ2n) is 4.27. The molecule has 2 atom stereocenters. The van der Waals surface area contributed by atoms with Gasteiger partial charge in [0.05, 0.1) is 11.5 Å². The van der Waals surface area contributed by atoms with Gasteiger partial charge in [0, 0.05) is 24.5 Å². The molecular formula is C11H16N2O2S. The maximum atomic E-state index is 11.3. The Morgan fingerprint density at radius 2 is 2.12 bits per heavy atom. The van der Waals surface area contributed by atoms with Gasteiger partial charge in [-0.3, -0.25) is 4.98 Å². The standard InChI is InChI=1S/C11H16N2O2S/c1-9(10-2-5-12-6-3-10)13-11-4-7-16(14,15)8-11/h2-3,5-6,9,11,13H,4,7-8H2,1H3/t9-,11?/m1/s1. The van der Waals surface area contributed by atoms with Gasteiger partial charge in [-0.15, -0.1) is 0 Å². The highest BCUT2D eigenvalue weighted by atomic mass is 32.2. The number of pyridine rings is 1. The summed E-state index contributed by atoms with van der Waals surface area (Å²) >= 11 is 0. The molecule has 88 valence electrons. The van der Waals surface area contributed by atoms with Crippen LogP contribution >= 0.6 is 0 Å². The normalized spacial score (nSPS) is 25.4. The predicted molar refractivity (Wildman–Crippen MR) is 62.8 cm³/mol. The molecular weight excluding hydrogens is 224 g/mol. The van der Waals surface area contributed by atoms with E-state index in [4.69, 9.17) is 0 Å². The molecule has 1 aromatic rings. The molecule has 5 heteroatoms.